The van der Waals surface area contributed by atoms with E-state index in [2.05, 4.69) is 21.2 Å². The van der Waals surface area contributed by atoms with E-state index in [-0.39, 0.29) is 18.1 Å². The first-order valence-electron chi connectivity index (χ1n) is 10.2. The van der Waals surface area contributed by atoms with E-state index in [1.165, 1.54) is 6.08 Å². The molecule has 0 aromatic heterocycles. The smallest absolute Gasteiger partial charge is 0.266 e. The number of anilines is 1. The molecule has 1 saturated heterocycles. The summed E-state index contributed by atoms with van der Waals surface area (Å²) < 4.78 is 11.5. The van der Waals surface area contributed by atoms with E-state index in [9.17, 15) is 14.9 Å². The second-order valence-corrected chi connectivity index (χ2v) is 8.27. The standard InChI is InChI=1S/C24H24BrN3O4/c1-16-3-5-21(17(2)11-16)27-24(30)19(14-26)12-18-4-6-22(20(25)13-18)32-15-23(29)28-7-9-31-10-8-28/h3-6,11-13H,7-10,15H2,1-2H3,(H,27,30)/b19-12-. The molecule has 0 bridgehead atoms. The summed E-state index contributed by atoms with van der Waals surface area (Å²) in [5.74, 6) is -0.0759. The Morgan fingerprint density at radius 1 is 1.22 bits per heavy atom. The molecule has 8 heteroatoms. The van der Waals surface area contributed by atoms with Crippen LogP contribution in [0.1, 0.15) is 16.7 Å². The first-order chi connectivity index (χ1) is 15.4. The molecule has 1 heterocycles. The van der Waals surface area contributed by atoms with Gasteiger partial charge in [0.1, 0.15) is 17.4 Å². The van der Waals surface area contributed by atoms with Crippen LogP contribution in [0.15, 0.2) is 46.4 Å². The van der Waals surface area contributed by atoms with Crippen molar-refractivity contribution in [3.8, 4) is 11.8 Å². The average Bonchev–Trinajstić information content (AvgIpc) is 2.79. The highest BCUT2D eigenvalue weighted by atomic mass is 79.9. The fourth-order valence-electron chi connectivity index (χ4n) is 3.23. The number of nitrogens with zero attached hydrogens (tertiary/aromatic N) is 2. The lowest BCUT2D eigenvalue weighted by atomic mass is 10.1. The molecule has 1 aliphatic rings. The van der Waals surface area contributed by atoms with E-state index in [1.807, 2.05) is 38.1 Å². The van der Waals surface area contributed by atoms with Crippen LogP contribution in [0.2, 0.25) is 0 Å². The van der Waals surface area contributed by atoms with Gasteiger partial charge in [-0.15, -0.1) is 0 Å². The Morgan fingerprint density at radius 3 is 2.62 bits per heavy atom. The van der Waals surface area contributed by atoms with Crippen LogP contribution in [-0.2, 0) is 14.3 Å². The number of morpholine rings is 1. The van der Waals surface area contributed by atoms with Crippen molar-refractivity contribution in [3.63, 3.8) is 0 Å². The van der Waals surface area contributed by atoms with Gasteiger partial charge in [0.15, 0.2) is 6.61 Å². The first kappa shape index (κ1) is 23.5. The predicted molar refractivity (Wildman–Crippen MR) is 125 cm³/mol. The van der Waals surface area contributed by atoms with Gasteiger partial charge in [-0.3, -0.25) is 9.59 Å². The van der Waals surface area contributed by atoms with Crippen molar-refractivity contribution in [3.05, 3.63) is 63.1 Å². The van der Waals surface area contributed by atoms with Gasteiger partial charge < -0.3 is 19.7 Å². The SMILES string of the molecule is Cc1ccc(NC(=O)/C(C#N)=C\c2ccc(OCC(=O)N3CCOCC3)c(Br)c2)c(C)c1. The van der Waals surface area contributed by atoms with Gasteiger partial charge in [-0.2, -0.15) is 5.26 Å². The molecule has 0 radical (unpaired) electrons. The summed E-state index contributed by atoms with van der Waals surface area (Å²) in [6, 6.07) is 12.8. The van der Waals surface area contributed by atoms with Crippen LogP contribution in [0.4, 0.5) is 5.69 Å². The molecule has 3 rings (SSSR count). The van der Waals surface area contributed by atoms with Gasteiger partial charge in [-0.05, 0) is 65.2 Å². The van der Waals surface area contributed by atoms with Crippen molar-refractivity contribution >= 4 is 39.5 Å². The number of nitriles is 1. The molecular weight excluding hydrogens is 474 g/mol. The van der Waals surface area contributed by atoms with Crippen LogP contribution in [-0.4, -0.2) is 49.6 Å². The largest absolute Gasteiger partial charge is 0.483 e. The van der Waals surface area contributed by atoms with E-state index in [1.54, 1.807) is 23.1 Å². The average molecular weight is 498 g/mol. The number of aryl methyl sites for hydroxylation is 2. The predicted octanol–water partition coefficient (Wildman–Crippen LogP) is 3.85. The summed E-state index contributed by atoms with van der Waals surface area (Å²) in [5, 5.41) is 12.3. The van der Waals surface area contributed by atoms with E-state index in [0.29, 0.717) is 47.8 Å². The second kappa shape index (κ2) is 10.9. The fraction of sp³-hybridized carbons (Fsp3) is 0.292. The number of rotatable bonds is 6. The Kier molecular flexibility index (Phi) is 8.03. The van der Waals surface area contributed by atoms with Crippen molar-refractivity contribution < 1.29 is 19.1 Å². The molecule has 1 aliphatic heterocycles. The number of benzene rings is 2. The van der Waals surface area contributed by atoms with Crippen molar-refractivity contribution in [2.24, 2.45) is 0 Å². The lowest BCUT2D eigenvalue weighted by Crippen LogP contribution is -2.43. The van der Waals surface area contributed by atoms with Crippen LogP contribution in [0, 0.1) is 25.2 Å². The summed E-state index contributed by atoms with van der Waals surface area (Å²) in [6.07, 6.45) is 1.51. The highest BCUT2D eigenvalue weighted by molar-refractivity contribution is 9.10. The minimum Gasteiger partial charge on any atom is -0.483 e. The quantitative estimate of drug-likeness (QED) is 0.483. The topological polar surface area (TPSA) is 91.7 Å². The summed E-state index contributed by atoms with van der Waals surface area (Å²) in [6.45, 7) is 6.00. The minimum atomic E-state index is -0.480. The van der Waals surface area contributed by atoms with Gasteiger partial charge >= 0.3 is 0 Å². The second-order valence-electron chi connectivity index (χ2n) is 7.41. The molecule has 0 aliphatic carbocycles. The Bertz CT molecular complexity index is 1090. The zero-order chi connectivity index (χ0) is 23.1. The summed E-state index contributed by atoms with van der Waals surface area (Å²) in [5.41, 5.74) is 3.31. The number of amides is 2. The highest BCUT2D eigenvalue weighted by Gasteiger charge is 2.18. The van der Waals surface area contributed by atoms with Gasteiger partial charge in [0.2, 0.25) is 0 Å². The van der Waals surface area contributed by atoms with Crippen molar-refractivity contribution in [2.45, 2.75) is 13.8 Å². The van der Waals surface area contributed by atoms with E-state index in [4.69, 9.17) is 9.47 Å². The highest BCUT2D eigenvalue weighted by Crippen LogP contribution is 2.27. The van der Waals surface area contributed by atoms with Crippen molar-refractivity contribution in [1.29, 1.82) is 5.26 Å². The molecule has 32 heavy (non-hydrogen) atoms. The van der Waals surface area contributed by atoms with Gasteiger partial charge in [-0.1, -0.05) is 23.8 Å². The van der Waals surface area contributed by atoms with E-state index >= 15 is 0 Å². The molecule has 0 unspecified atom stereocenters. The van der Waals surface area contributed by atoms with Gasteiger partial charge in [0.05, 0.1) is 17.7 Å². The van der Waals surface area contributed by atoms with Crippen molar-refractivity contribution in [1.82, 2.24) is 4.90 Å². The molecule has 2 aromatic rings. The third-order valence-electron chi connectivity index (χ3n) is 4.98. The summed E-state index contributed by atoms with van der Waals surface area (Å²) in [4.78, 5) is 26.5. The van der Waals surface area contributed by atoms with Gasteiger partial charge in [0, 0.05) is 18.8 Å². The summed E-state index contributed by atoms with van der Waals surface area (Å²) >= 11 is 3.43. The van der Waals surface area contributed by atoms with Gasteiger partial charge in [-0.25, -0.2) is 0 Å². The number of carbonyl (C=O) groups is 2. The maximum absolute atomic E-state index is 12.6. The van der Waals surface area contributed by atoms with E-state index in [0.717, 1.165) is 11.1 Å². The van der Waals surface area contributed by atoms with Crippen LogP contribution in [0.5, 0.6) is 5.75 Å². The normalized spacial score (nSPS) is 13.9. The molecule has 1 fully saturated rings. The molecule has 2 amide bonds. The van der Waals surface area contributed by atoms with Gasteiger partial charge in [0.25, 0.3) is 11.8 Å². The van der Waals surface area contributed by atoms with E-state index < -0.39 is 5.91 Å². The molecule has 0 saturated carbocycles. The monoisotopic (exact) mass is 497 g/mol. The Labute approximate surface area is 195 Å². The van der Waals surface area contributed by atoms with Crippen LogP contribution in [0.25, 0.3) is 6.08 Å². The van der Waals surface area contributed by atoms with Crippen LogP contribution >= 0.6 is 15.9 Å². The zero-order valence-corrected chi connectivity index (χ0v) is 19.6. The number of hydrogen-bond donors (Lipinski definition) is 1. The van der Waals surface area contributed by atoms with Crippen LogP contribution in [0.3, 0.4) is 0 Å². The molecule has 0 spiro atoms. The van der Waals surface area contributed by atoms with Crippen molar-refractivity contribution in [2.75, 3.05) is 38.2 Å². The minimum absolute atomic E-state index is 0.0203. The molecule has 7 nitrogen and oxygen atoms in total. The Hall–Kier alpha value is -3.15. The third kappa shape index (κ3) is 6.19. The van der Waals surface area contributed by atoms with Crippen LogP contribution < -0.4 is 10.1 Å². The molecular formula is C24H24BrN3O4. The fourth-order valence-corrected chi connectivity index (χ4v) is 3.74. The maximum atomic E-state index is 12.6. The zero-order valence-electron chi connectivity index (χ0n) is 18.0. The number of hydrogen-bond acceptors (Lipinski definition) is 5. The molecule has 1 N–H and O–H groups in total. The number of nitrogens with one attached hydrogen (secondary N) is 1. The lowest BCUT2D eigenvalue weighted by molar-refractivity contribution is -0.137. The summed E-state index contributed by atoms with van der Waals surface area (Å²) in [7, 11) is 0. The lowest BCUT2D eigenvalue weighted by Gasteiger charge is -2.26. The number of ether oxygens (including phenoxy) is 2. The maximum Gasteiger partial charge on any atom is 0.266 e. The third-order valence-corrected chi connectivity index (χ3v) is 5.60. The Morgan fingerprint density at radius 2 is 1.97 bits per heavy atom. The molecule has 2 aromatic carbocycles. The number of carbonyl (C=O) groups excluding carboxylic acids is 2. The first-order valence-corrected chi connectivity index (χ1v) is 10.9. The number of halogens is 1. The molecule has 166 valence electrons. The molecule has 0 atom stereocenters. The Balaban J connectivity index is 1.66.